The van der Waals surface area contributed by atoms with Gasteiger partial charge in [0.15, 0.2) is 11.9 Å². The van der Waals surface area contributed by atoms with Crippen molar-refractivity contribution in [2.45, 2.75) is 50.7 Å². The normalized spacial score (nSPS) is 21.9. The quantitative estimate of drug-likeness (QED) is 0.333. The zero-order valence-electron chi connectivity index (χ0n) is 21.9. The van der Waals surface area contributed by atoms with Crippen LogP contribution in [0.4, 0.5) is 0 Å². The molecule has 12 heteroatoms. The van der Waals surface area contributed by atoms with Crippen molar-refractivity contribution in [1.82, 2.24) is 25.4 Å². The smallest absolute Gasteiger partial charge is 0.200 e. The predicted molar refractivity (Wildman–Crippen MR) is 148 cm³/mol. The molecule has 4 rings (SSSR count). The molecule has 4 heterocycles. The van der Waals surface area contributed by atoms with E-state index in [4.69, 9.17) is 30.9 Å². The number of furan rings is 1. The topological polar surface area (TPSA) is 161 Å². The minimum Gasteiger partial charge on any atom is -0.469 e. The lowest BCUT2D eigenvalue weighted by Gasteiger charge is -2.23. The summed E-state index contributed by atoms with van der Waals surface area (Å²) >= 11 is 0. The van der Waals surface area contributed by atoms with Gasteiger partial charge in [-0.25, -0.2) is 15.0 Å². The maximum absolute atomic E-state index is 6.22. The first kappa shape index (κ1) is 26.1. The van der Waals surface area contributed by atoms with Crippen LogP contribution in [0.1, 0.15) is 31.2 Å². The summed E-state index contributed by atoms with van der Waals surface area (Å²) < 4.78 is 5.44. The van der Waals surface area contributed by atoms with E-state index in [1.54, 1.807) is 6.26 Å². The zero-order chi connectivity index (χ0) is 26.2. The van der Waals surface area contributed by atoms with Gasteiger partial charge in [0.2, 0.25) is 11.9 Å². The maximum atomic E-state index is 6.22. The Morgan fingerprint density at radius 3 is 2.43 bits per heavy atom. The molecule has 0 saturated heterocycles. The van der Waals surface area contributed by atoms with Crippen LogP contribution >= 0.6 is 0 Å². The number of nitrogens with one attached hydrogen (secondary N) is 3. The van der Waals surface area contributed by atoms with E-state index in [9.17, 15) is 0 Å². The number of nitrogens with two attached hydrogens (primary N) is 2. The molecule has 0 radical (unpaired) electrons. The molecular weight excluding hydrogens is 470 g/mol. The van der Waals surface area contributed by atoms with Crippen LogP contribution in [0.15, 0.2) is 61.1 Å². The fraction of sp³-hybridized carbons (Fsp3) is 0.520. The summed E-state index contributed by atoms with van der Waals surface area (Å²) in [4.78, 5) is 26.4. The number of hydrogen-bond donors (Lipinski definition) is 5. The molecule has 0 saturated carbocycles. The van der Waals surface area contributed by atoms with Gasteiger partial charge in [-0.15, -0.1) is 0 Å². The van der Waals surface area contributed by atoms with Crippen LogP contribution in [-0.2, 0) is 12.8 Å². The third kappa shape index (κ3) is 7.51. The summed E-state index contributed by atoms with van der Waals surface area (Å²) in [7, 11) is 3.99. The van der Waals surface area contributed by atoms with Crippen molar-refractivity contribution in [3.05, 3.63) is 48.2 Å². The summed E-state index contributed by atoms with van der Waals surface area (Å²) in [5.41, 5.74) is 13.5. The molecular formula is C25H39N11O. The Bertz CT molecular complexity index is 1100. The molecule has 37 heavy (non-hydrogen) atoms. The van der Waals surface area contributed by atoms with Crippen molar-refractivity contribution >= 4 is 23.8 Å². The SMILES string of the molecule is CC1N=C(N(C)CCc2ccco2)NC(N)=NC1CCC1CN=C(N)NC(N(C)CCc2ccc[nH]2)=N1. The van der Waals surface area contributed by atoms with E-state index < -0.39 is 0 Å². The number of H-pyrrole nitrogens is 1. The van der Waals surface area contributed by atoms with Gasteiger partial charge >= 0.3 is 0 Å². The van der Waals surface area contributed by atoms with Crippen LogP contribution in [0.2, 0.25) is 0 Å². The number of aromatic nitrogens is 1. The molecule has 3 atom stereocenters. The molecule has 0 aromatic carbocycles. The van der Waals surface area contributed by atoms with E-state index in [1.807, 2.05) is 43.4 Å². The zero-order valence-corrected chi connectivity index (χ0v) is 21.9. The van der Waals surface area contributed by atoms with E-state index >= 15 is 0 Å². The standard InChI is InChI=1S/C25H39N11O/c1-17-21(32-23(27)34-24(30-17)36(3)14-11-20-7-5-15-37-20)9-8-19-16-29-22(26)33-25(31-19)35(2)13-10-18-6-4-12-28-18/h4-7,12,15,17,19,21,28H,8-11,13-14,16H2,1-3H3,(H3,26,29,31,33)(H3,27,30,32,34). The van der Waals surface area contributed by atoms with Gasteiger partial charge in [0.25, 0.3) is 0 Å². The first-order valence-corrected chi connectivity index (χ1v) is 12.8. The molecule has 12 nitrogen and oxygen atoms in total. The Morgan fingerprint density at radius 1 is 0.946 bits per heavy atom. The molecule has 0 amide bonds. The molecule has 0 spiro atoms. The molecule has 2 aliphatic rings. The van der Waals surface area contributed by atoms with Crippen molar-refractivity contribution in [3.63, 3.8) is 0 Å². The van der Waals surface area contributed by atoms with Crippen molar-refractivity contribution in [2.75, 3.05) is 33.7 Å². The lowest BCUT2D eigenvalue weighted by Crippen LogP contribution is -2.45. The van der Waals surface area contributed by atoms with Gasteiger partial charge in [-0.05, 0) is 44.0 Å². The lowest BCUT2D eigenvalue weighted by atomic mass is 10.0. The number of likely N-dealkylation sites (N-methyl/N-ethyl adjacent to an activating group) is 2. The molecule has 0 bridgehead atoms. The second-order valence-corrected chi connectivity index (χ2v) is 9.55. The second-order valence-electron chi connectivity index (χ2n) is 9.55. The molecule has 0 aliphatic carbocycles. The average Bonchev–Trinajstić information content (AvgIpc) is 3.53. The number of guanidine groups is 4. The van der Waals surface area contributed by atoms with Crippen molar-refractivity contribution in [2.24, 2.45) is 31.4 Å². The van der Waals surface area contributed by atoms with Crippen LogP contribution in [0.3, 0.4) is 0 Å². The van der Waals surface area contributed by atoms with Gasteiger partial charge in [0, 0.05) is 51.9 Å². The van der Waals surface area contributed by atoms with Crippen molar-refractivity contribution in [1.29, 1.82) is 0 Å². The Balaban J connectivity index is 1.35. The molecule has 0 fully saturated rings. The Morgan fingerprint density at radius 2 is 1.70 bits per heavy atom. The van der Waals surface area contributed by atoms with Gasteiger partial charge in [-0.3, -0.25) is 15.6 Å². The lowest BCUT2D eigenvalue weighted by molar-refractivity contribution is 0.438. The van der Waals surface area contributed by atoms with Crippen LogP contribution in [0.25, 0.3) is 0 Å². The van der Waals surface area contributed by atoms with E-state index in [0.29, 0.717) is 24.4 Å². The molecule has 3 unspecified atom stereocenters. The van der Waals surface area contributed by atoms with Gasteiger partial charge in [0.1, 0.15) is 5.76 Å². The van der Waals surface area contributed by atoms with Crippen LogP contribution < -0.4 is 22.1 Å². The average molecular weight is 510 g/mol. The first-order chi connectivity index (χ1) is 17.9. The minimum absolute atomic E-state index is 0.0178. The second kappa shape index (κ2) is 12.3. The maximum Gasteiger partial charge on any atom is 0.200 e. The van der Waals surface area contributed by atoms with Crippen molar-refractivity contribution < 1.29 is 4.42 Å². The van der Waals surface area contributed by atoms with Crippen LogP contribution in [0, 0.1) is 0 Å². The fourth-order valence-electron chi connectivity index (χ4n) is 4.32. The summed E-state index contributed by atoms with van der Waals surface area (Å²) in [5.74, 6) is 3.13. The number of aromatic amines is 1. The number of aliphatic imine (C=N–C) groups is 4. The van der Waals surface area contributed by atoms with Crippen molar-refractivity contribution in [3.8, 4) is 0 Å². The minimum atomic E-state index is -0.0646. The highest BCUT2D eigenvalue weighted by molar-refractivity contribution is 5.99. The summed E-state index contributed by atoms with van der Waals surface area (Å²) in [6, 6.07) is 7.82. The van der Waals surface area contributed by atoms with Gasteiger partial charge < -0.3 is 30.7 Å². The highest BCUT2D eigenvalue weighted by Crippen LogP contribution is 2.17. The number of rotatable bonds is 9. The summed E-state index contributed by atoms with van der Waals surface area (Å²) in [6.45, 7) is 4.13. The molecule has 2 aromatic heterocycles. The highest BCUT2D eigenvalue weighted by atomic mass is 16.3. The van der Waals surface area contributed by atoms with Crippen LogP contribution in [-0.4, -0.2) is 90.5 Å². The van der Waals surface area contributed by atoms with E-state index in [2.05, 4.69) is 38.5 Å². The van der Waals surface area contributed by atoms with Crippen LogP contribution in [0.5, 0.6) is 0 Å². The Kier molecular flexibility index (Phi) is 8.70. The molecule has 7 N–H and O–H groups in total. The van der Waals surface area contributed by atoms with E-state index in [0.717, 1.165) is 50.5 Å². The summed E-state index contributed by atoms with van der Waals surface area (Å²) in [5, 5.41) is 6.30. The predicted octanol–water partition coefficient (Wildman–Crippen LogP) is 0.710. The molecule has 200 valence electrons. The molecule has 2 aromatic rings. The molecule has 2 aliphatic heterocycles. The highest BCUT2D eigenvalue weighted by Gasteiger charge is 2.25. The first-order valence-electron chi connectivity index (χ1n) is 12.8. The van der Waals surface area contributed by atoms with E-state index in [1.165, 1.54) is 5.69 Å². The Labute approximate surface area is 218 Å². The third-order valence-electron chi connectivity index (χ3n) is 6.62. The number of nitrogens with zero attached hydrogens (tertiary/aromatic N) is 6. The Hall–Kier alpha value is -3.96. The number of hydrogen-bond acceptors (Lipinski definition) is 11. The summed E-state index contributed by atoms with van der Waals surface area (Å²) in [6.07, 6.45) is 6.84. The van der Waals surface area contributed by atoms with Gasteiger partial charge in [0.05, 0.1) is 30.9 Å². The monoisotopic (exact) mass is 509 g/mol. The van der Waals surface area contributed by atoms with E-state index in [-0.39, 0.29) is 18.1 Å². The largest absolute Gasteiger partial charge is 0.469 e. The third-order valence-corrected chi connectivity index (χ3v) is 6.62. The van der Waals surface area contributed by atoms with Gasteiger partial charge in [-0.1, -0.05) is 0 Å². The van der Waals surface area contributed by atoms with Gasteiger partial charge in [-0.2, -0.15) is 0 Å². The fourth-order valence-corrected chi connectivity index (χ4v) is 4.32.